The molecule has 22 heavy (non-hydrogen) atoms. The van der Waals surface area contributed by atoms with Gasteiger partial charge < -0.3 is 4.74 Å². The maximum Gasteiger partial charge on any atom is 0.271 e. The van der Waals surface area contributed by atoms with Crippen molar-refractivity contribution >= 4 is 57.9 Å². The largest absolute Gasteiger partial charge is 0.496 e. The Morgan fingerprint density at radius 3 is 2.77 bits per heavy atom. The number of carbonyl (C=O) groups excluding carboxylic acids is 1. The van der Waals surface area contributed by atoms with Crippen LogP contribution in [0.15, 0.2) is 41.5 Å². The highest BCUT2D eigenvalue weighted by molar-refractivity contribution is 14.1. The van der Waals surface area contributed by atoms with Gasteiger partial charge in [-0.15, -0.1) is 0 Å². The van der Waals surface area contributed by atoms with Crippen molar-refractivity contribution in [1.29, 1.82) is 0 Å². The van der Waals surface area contributed by atoms with Crippen LogP contribution in [0.5, 0.6) is 5.75 Å². The van der Waals surface area contributed by atoms with Crippen LogP contribution in [0.2, 0.25) is 10.0 Å². The molecular weight excluding hydrogens is 438 g/mol. The lowest BCUT2D eigenvalue weighted by Crippen LogP contribution is -2.17. The van der Waals surface area contributed by atoms with E-state index in [1.54, 1.807) is 43.5 Å². The zero-order chi connectivity index (χ0) is 16.1. The second-order valence-electron chi connectivity index (χ2n) is 4.19. The number of nitrogens with one attached hydrogen (secondary N) is 1. The van der Waals surface area contributed by atoms with Gasteiger partial charge in [0.05, 0.1) is 26.9 Å². The van der Waals surface area contributed by atoms with Crippen molar-refractivity contribution in [2.24, 2.45) is 5.10 Å². The minimum atomic E-state index is -0.324. The fourth-order valence-corrected chi connectivity index (χ4v) is 2.74. The fourth-order valence-electron chi connectivity index (χ4n) is 1.65. The van der Waals surface area contributed by atoms with Crippen LogP contribution < -0.4 is 10.2 Å². The van der Waals surface area contributed by atoms with Crippen molar-refractivity contribution in [3.63, 3.8) is 0 Å². The number of ether oxygens (including phenoxy) is 1. The van der Waals surface area contributed by atoms with Crippen LogP contribution in [0.3, 0.4) is 0 Å². The zero-order valence-electron chi connectivity index (χ0n) is 11.4. The van der Waals surface area contributed by atoms with Gasteiger partial charge in [0.1, 0.15) is 5.75 Å². The molecule has 2 rings (SSSR count). The maximum atomic E-state index is 12.0. The Kier molecular flexibility index (Phi) is 6.05. The Morgan fingerprint density at radius 1 is 1.32 bits per heavy atom. The summed E-state index contributed by atoms with van der Waals surface area (Å²) in [6, 6.07) is 10.3. The van der Waals surface area contributed by atoms with Gasteiger partial charge >= 0.3 is 0 Å². The second-order valence-corrected chi connectivity index (χ2v) is 6.14. The normalized spacial score (nSPS) is 10.7. The summed E-state index contributed by atoms with van der Waals surface area (Å²) in [6.45, 7) is 0. The summed E-state index contributed by atoms with van der Waals surface area (Å²) in [5.74, 6) is 0.390. The van der Waals surface area contributed by atoms with Crippen molar-refractivity contribution in [2.75, 3.05) is 7.11 Å². The molecule has 114 valence electrons. The molecule has 0 unspecified atom stereocenters. The van der Waals surface area contributed by atoms with Crippen LogP contribution in [0.4, 0.5) is 0 Å². The molecule has 0 aromatic heterocycles. The molecule has 0 aliphatic heterocycles. The number of amides is 1. The van der Waals surface area contributed by atoms with Crippen LogP contribution in [0.1, 0.15) is 15.9 Å². The molecule has 0 spiro atoms. The minimum Gasteiger partial charge on any atom is -0.496 e. The Labute approximate surface area is 151 Å². The molecule has 0 bridgehead atoms. The number of benzene rings is 2. The Balaban J connectivity index is 2.08. The van der Waals surface area contributed by atoms with E-state index in [-0.39, 0.29) is 5.91 Å². The third-order valence-corrected chi connectivity index (χ3v) is 4.44. The predicted molar refractivity (Wildman–Crippen MR) is 97.2 cm³/mol. The first kappa shape index (κ1) is 17.1. The summed E-state index contributed by atoms with van der Waals surface area (Å²) < 4.78 is 5.99. The van der Waals surface area contributed by atoms with Crippen LogP contribution in [-0.4, -0.2) is 19.2 Å². The van der Waals surface area contributed by atoms with Gasteiger partial charge in [0.25, 0.3) is 5.91 Å². The fraction of sp³-hybridized carbons (Fsp3) is 0.0667. The van der Waals surface area contributed by atoms with Gasteiger partial charge in [-0.2, -0.15) is 5.10 Å². The van der Waals surface area contributed by atoms with Crippen molar-refractivity contribution < 1.29 is 9.53 Å². The maximum absolute atomic E-state index is 12.0. The average Bonchev–Trinajstić information content (AvgIpc) is 2.51. The summed E-state index contributed by atoms with van der Waals surface area (Å²) in [4.78, 5) is 12.0. The highest BCUT2D eigenvalue weighted by atomic mass is 127. The van der Waals surface area contributed by atoms with Crippen LogP contribution >= 0.6 is 45.8 Å². The van der Waals surface area contributed by atoms with Gasteiger partial charge in [0.15, 0.2) is 0 Å². The summed E-state index contributed by atoms with van der Waals surface area (Å²) in [6.07, 6.45) is 1.45. The number of methoxy groups -OCH3 is 1. The molecule has 1 amide bonds. The third-order valence-electron chi connectivity index (χ3n) is 2.77. The average molecular weight is 449 g/mol. The number of hydrogen-bond acceptors (Lipinski definition) is 3. The molecule has 0 aliphatic rings. The van der Waals surface area contributed by atoms with Gasteiger partial charge in [-0.25, -0.2) is 5.43 Å². The molecule has 4 nitrogen and oxygen atoms in total. The van der Waals surface area contributed by atoms with Gasteiger partial charge in [-0.05, 0) is 46.9 Å². The highest BCUT2D eigenvalue weighted by Crippen LogP contribution is 2.24. The summed E-state index contributed by atoms with van der Waals surface area (Å²) in [7, 11) is 1.58. The molecule has 0 saturated heterocycles. The van der Waals surface area contributed by atoms with Crippen molar-refractivity contribution in [1.82, 2.24) is 5.43 Å². The molecule has 7 heteroatoms. The lowest BCUT2D eigenvalue weighted by Gasteiger charge is -2.05. The van der Waals surface area contributed by atoms with Crippen LogP contribution in [-0.2, 0) is 0 Å². The monoisotopic (exact) mass is 448 g/mol. The number of hydrazone groups is 1. The molecule has 0 aliphatic carbocycles. The summed E-state index contributed by atoms with van der Waals surface area (Å²) in [5.41, 5.74) is 3.55. The number of carbonyl (C=O) groups is 1. The minimum absolute atomic E-state index is 0.324. The van der Waals surface area contributed by atoms with E-state index in [1.165, 1.54) is 6.21 Å². The van der Waals surface area contributed by atoms with E-state index in [9.17, 15) is 4.79 Å². The molecule has 0 fully saturated rings. The molecule has 0 radical (unpaired) electrons. The first-order valence-corrected chi connectivity index (χ1v) is 7.97. The number of hydrogen-bond donors (Lipinski definition) is 1. The van der Waals surface area contributed by atoms with E-state index >= 15 is 0 Å². The number of halogens is 3. The smallest absolute Gasteiger partial charge is 0.271 e. The zero-order valence-corrected chi connectivity index (χ0v) is 15.1. The Hall–Kier alpha value is -1.31. The van der Waals surface area contributed by atoms with Crippen LogP contribution in [0.25, 0.3) is 0 Å². The second kappa shape index (κ2) is 7.80. The molecule has 0 saturated carbocycles. The van der Waals surface area contributed by atoms with E-state index in [0.717, 1.165) is 3.57 Å². The standard InChI is InChI=1S/C15H11Cl2IN2O2/c1-22-13-6-5-9(7-12(13)18)15(21)20-19-8-10-3-2-4-11(16)14(10)17/h2-8H,1H3,(H,20,21)/b19-8-. The lowest BCUT2D eigenvalue weighted by atomic mass is 10.2. The summed E-state index contributed by atoms with van der Waals surface area (Å²) in [5, 5.41) is 4.71. The molecule has 0 heterocycles. The SMILES string of the molecule is COc1ccc(C(=O)N/N=C\c2cccc(Cl)c2Cl)cc1I. The molecule has 1 N–H and O–H groups in total. The van der Waals surface area contributed by atoms with Crippen molar-refractivity contribution in [3.8, 4) is 5.75 Å². The molecule has 0 atom stereocenters. The third kappa shape index (κ3) is 4.12. The van der Waals surface area contributed by atoms with E-state index in [2.05, 4.69) is 33.1 Å². The van der Waals surface area contributed by atoms with Gasteiger partial charge in [0, 0.05) is 11.1 Å². The first-order valence-electron chi connectivity index (χ1n) is 6.14. The van der Waals surface area contributed by atoms with Crippen molar-refractivity contribution in [2.45, 2.75) is 0 Å². The van der Waals surface area contributed by atoms with E-state index in [0.29, 0.717) is 26.9 Å². The Bertz CT molecular complexity index is 735. The van der Waals surface area contributed by atoms with Gasteiger partial charge in [0.2, 0.25) is 0 Å². The topological polar surface area (TPSA) is 50.7 Å². The predicted octanol–water partition coefficient (Wildman–Crippen LogP) is 4.37. The van der Waals surface area contributed by atoms with E-state index in [1.807, 2.05) is 0 Å². The highest BCUT2D eigenvalue weighted by Gasteiger charge is 2.08. The lowest BCUT2D eigenvalue weighted by molar-refractivity contribution is 0.0955. The van der Waals surface area contributed by atoms with Crippen molar-refractivity contribution in [3.05, 3.63) is 61.1 Å². The van der Waals surface area contributed by atoms with E-state index < -0.39 is 0 Å². The molecular formula is C15H11Cl2IN2O2. The number of rotatable bonds is 4. The number of nitrogens with zero attached hydrogens (tertiary/aromatic N) is 1. The first-order chi connectivity index (χ1) is 10.5. The summed E-state index contributed by atoms with van der Waals surface area (Å²) >= 11 is 14.0. The molecule has 2 aromatic carbocycles. The van der Waals surface area contributed by atoms with E-state index in [4.69, 9.17) is 27.9 Å². The van der Waals surface area contributed by atoms with Crippen LogP contribution in [0, 0.1) is 3.57 Å². The van der Waals surface area contributed by atoms with Gasteiger partial charge in [-0.1, -0.05) is 35.3 Å². The Morgan fingerprint density at radius 2 is 2.09 bits per heavy atom. The quantitative estimate of drug-likeness (QED) is 0.429. The van der Waals surface area contributed by atoms with Gasteiger partial charge in [-0.3, -0.25) is 4.79 Å². The molecule has 2 aromatic rings.